The van der Waals surface area contributed by atoms with Gasteiger partial charge in [-0.25, -0.2) is 0 Å². The van der Waals surface area contributed by atoms with Crippen LogP contribution in [0, 0.1) is 6.92 Å². The summed E-state index contributed by atoms with van der Waals surface area (Å²) in [6.45, 7) is 2.01. The number of rotatable bonds is 1. The van der Waals surface area contributed by atoms with E-state index in [4.69, 9.17) is 0 Å². The fraction of sp³-hybridized carbons (Fsp3) is 0.308. The molecule has 1 aliphatic rings. The predicted octanol–water partition coefficient (Wildman–Crippen LogP) is 2.52. The van der Waals surface area contributed by atoms with Gasteiger partial charge in [-0.15, -0.1) is 0 Å². The smallest absolute Gasteiger partial charge is 0.0899 e. The van der Waals surface area contributed by atoms with Crippen molar-refractivity contribution in [2.45, 2.75) is 25.4 Å². The van der Waals surface area contributed by atoms with Gasteiger partial charge < -0.3 is 5.11 Å². The van der Waals surface area contributed by atoms with Gasteiger partial charge in [-0.1, -0.05) is 12.1 Å². The Kier molecular flexibility index (Phi) is 1.65. The van der Waals surface area contributed by atoms with Gasteiger partial charge in [0.05, 0.1) is 5.60 Å². The minimum Gasteiger partial charge on any atom is -0.385 e. The average molecular weight is 199 g/mol. The lowest BCUT2D eigenvalue weighted by Gasteiger charge is -2.09. The van der Waals surface area contributed by atoms with Gasteiger partial charge >= 0.3 is 0 Å². The minimum atomic E-state index is -0.536. The quantitative estimate of drug-likeness (QED) is 0.765. The molecule has 2 heteroatoms. The molecule has 0 atom stereocenters. The van der Waals surface area contributed by atoms with Crippen LogP contribution in [0.2, 0.25) is 0 Å². The summed E-state index contributed by atoms with van der Waals surface area (Å²) in [5, 5.41) is 12.4. The highest BCUT2D eigenvalue weighted by atomic mass is 16.3. The Hall–Kier alpha value is -1.41. The topological polar surface area (TPSA) is 33.1 Å². The molecule has 76 valence electrons. The largest absolute Gasteiger partial charge is 0.385 e. The number of pyridine rings is 1. The van der Waals surface area contributed by atoms with E-state index in [-0.39, 0.29) is 0 Å². The van der Waals surface area contributed by atoms with Gasteiger partial charge in [-0.3, -0.25) is 4.98 Å². The number of hydrogen-bond donors (Lipinski definition) is 1. The first-order valence-corrected chi connectivity index (χ1v) is 5.27. The van der Waals surface area contributed by atoms with Crippen LogP contribution in [-0.4, -0.2) is 10.1 Å². The molecule has 2 aromatic rings. The second-order valence-corrected chi connectivity index (χ2v) is 4.36. The molecule has 3 rings (SSSR count). The Bertz CT molecular complexity index is 529. The number of fused-ring (bicyclic) bond motifs is 1. The van der Waals surface area contributed by atoms with Crippen LogP contribution in [0.1, 0.15) is 24.1 Å². The Labute approximate surface area is 88.6 Å². The molecule has 1 aliphatic carbocycles. The monoisotopic (exact) mass is 199 g/mol. The third-order valence-electron chi connectivity index (χ3n) is 3.22. The van der Waals surface area contributed by atoms with E-state index in [1.54, 1.807) is 0 Å². The van der Waals surface area contributed by atoms with Crippen LogP contribution in [-0.2, 0) is 5.60 Å². The highest BCUT2D eigenvalue weighted by molar-refractivity contribution is 5.85. The zero-order valence-electron chi connectivity index (χ0n) is 8.70. The third kappa shape index (κ3) is 1.33. The molecular weight excluding hydrogens is 186 g/mol. The fourth-order valence-electron chi connectivity index (χ4n) is 2.03. The van der Waals surface area contributed by atoms with Crippen molar-refractivity contribution in [3.05, 3.63) is 41.7 Å². The van der Waals surface area contributed by atoms with Crippen LogP contribution in [0.3, 0.4) is 0 Å². The summed E-state index contributed by atoms with van der Waals surface area (Å²) in [5.74, 6) is 0. The zero-order chi connectivity index (χ0) is 10.5. The van der Waals surface area contributed by atoms with E-state index in [1.807, 2.05) is 25.3 Å². The average Bonchev–Trinajstić information content (AvgIpc) is 2.98. The van der Waals surface area contributed by atoms with Crippen LogP contribution in [0.25, 0.3) is 10.8 Å². The molecule has 1 saturated carbocycles. The second kappa shape index (κ2) is 2.80. The summed E-state index contributed by atoms with van der Waals surface area (Å²) in [4.78, 5) is 4.25. The van der Waals surface area contributed by atoms with Gasteiger partial charge in [0, 0.05) is 17.3 Å². The first kappa shape index (κ1) is 8.86. The van der Waals surface area contributed by atoms with E-state index < -0.39 is 5.60 Å². The maximum atomic E-state index is 10.0. The van der Waals surface area contributed by atoms with Crippen molar-refractivity contribution in [3.63, 3.8) is 0 Å². The molecule has 1 fully saturated rings. The van der Waals surface area contributed by atoms with Crippen LogP contribution >= 0.6 is 0 Å². The summed E-state index contributed by atoms with van der Waals surface area (Å²) >= 11 is 0. The lowest BCUT2D eigenvalue weighted by atomic mass is 10.0. The van der Waals surface area contributed by atoms with Crippen molar-refractivity contribution in [2.75, 3.05) is 0 Å². The number of aliphatic hydroxyl groups is 1. The highest BCUT2D eigenvalue weighted by Crippen LogP contribution is 2.45. The first-order chi connectivity index (χ1) is 7.19. The second-order valence-electron chi connectivity index (χ2n) is 4.36. The molecule has 0 unspecified atom stereocenters. The molecule has 0 radical (unpaired) electrons. The molecule has 1 aromatic heterocycles. The van der Waals surface area contributed by atoms with E-state index in [0.717, 1.165) is 24.1 Å². The van der Waals surface area contributed by atoms with Crippen molar-refractivity contribution >= 4 is 10.8 Å². The van der Waals surface area contributed by atoms with Gasteiger partial charge in [-0.2, -0.15) is 0 Å². The highest BCUT2D eigenvalue weighted by Gasteiger charge is 2.41. The molecule has 1 heterocycles. The van der Waals surface area contributed by atoms with Gasteiger partial charge in [0.25, 0.3) is 0 Å². The third-order valence-corrected chi connectivity index (χ3v) is 3.22. The molecule has 0 spiro atoms. The molecule has 1 N–H and O–H groups in total. The summed E-state index contributed by atoms with van der Waals surface area (Å²) in [7, 11) is 0. The Morgan fingerprint density at radius 2 is 2.07 bits per heavy atom. The lowest BCUT2D eigenvalue weighted by molar-refractivity contribution is 0.151. The standard InChI is InChI=1S/C13H13NO/c1-9-12-3-2-11(13(15)5-6-13)8-10(12)4-7-14-9/h2-4,7-8,15H,5-6H2,1H3. The number of aryl methyl sites for hydroxylation is 1. The molecule has 15 heavy (non-hydrogen) atoms. The van der Waals surface area contributed by atoms with Crippen molar-refractivity contribution in [1.29, 1.82) is 0 Å². The van der Waals surface area contributed by atoms with Gasteiger partial charge in [-0.05, 0) is 42.8 Å². The maximum Gasteiger partial charge on any atom is 0.0899 e. The summed E-state index contributed by atoms with van der Waals surface area (Å²) in [5.41, 5.74) is 1.55. The summed E-state index contributed by atoms with van der Waals surface area (Å²) in [6, 6.07) is 8.15. The molecule has 0 aliphatic heterocycles. The van der Waals surface area contributed by atoms with Gasteiger partial charge in [0.15, 0.2) is 0 Å². The molecule has 0 bridgehead atoms. The number of benzene rings is 1. The fourth-order valence-corrected chi connectivity index (χ4v) is 2.03. The maximum absolute atomic E-state index is 10.0. The Morgan fingerprint density at radius 1 is 1.27 bits per heavy atom. The summed E-state index contributed by atoms with van der Waals surface area (Å²) < 4.78 is 0. The normalized spacial score (nSPS) is 18.0. The first-order valence-electron chi connectivity index (χ1n) is 5.27. The van der Waals surface area contributed by atoms with Crippen molar-refractivity contribution in [1.82, 2.24) is 4.98 Å². The molecule has 0 amide bonds. The van der Waals surface area contributed by atoms with Crippen LogP contribution < -0.4 is 0 Å². The number of aromatic nitrogens is 1. The van der Waals surface area contributed by atoms with E-state index in [2.05, 4.69) is 17.1 Å². The molecule has 2 nitrogen and oxygen atoms in total. The Morgan fingerprint density at radius 3 is 2.80 bits per heavy atom. The van der Waals surface area contributed by atoms with Crippen LogP contribution in [0.4, 0.5) is 0 Å². The van der Waals surface area contributed by atoms with Crippen LogP contribution in [0.15, 0.2) is 30.5 Å². The number of hydrogen-bond acceptors (Lipinski definition) is 2. The van der Waals surface area contributed by atoms with E-state index in [9.17, 15) is 5.11 Å². The van der Waals surface area contributed by atoms with Gasteiger partial charge in [0.2, 0.25) is 0 Å². The number of nitrogens with zero attached hydrogens (tertiary/aromatic N) is 1. The molecule has 0 saturated heterocycles. The molecular formula is C13H13NO. The molecule has 1 aromatic carbocycles. The van der Waals surface area contributed by atoms with E-state index in [0.29, 0.717) is 0 Å². The van der Waals surface area contributed by atoms with Crippen molar-refractivity contribution in [2.24, 2.45) is 0 Å². The van der Waals surface area contributed by atoms with E-state index >= 15 is 0 Å². The zero-order valence-corrected chi connectivity index (χ0v) is 8.70. The SMILES string of the molecule is Cc1nccc2cc(C3(O)CC3)ccc12. The van der Waals surface area contributed by atoms with Crippen molar-refractivity contribution in [3.8, 4) is 0 Å². The van der Waals surface area contributed by atoms with Gasteiger partial charge in [0.1, 0.15) is 0 Å². The Balaban J connectivity index is 2.23. The lowest BCUT2D eigenvalue weighted by Crippen LogP contribution is -2.03. The predicted molar refractivity (Wildman–Crippen MR) is 59.6 cm³/mol. The minimum absolute atomic E-state index is 0.536. The summed E-state index contributed by atoms with van der Waals surface area (Å²) in [6.07, 6.45) is 3.60. The van der Waals surface area contributed by atoms with Crippen molar-refractivity contribution < 1.29 is 5.11 Å². The van der Waals surface area contributed by atoms with E-state index in [1.165, 1.54) is 10.8 Å². The van der Waals surface area contributed by atoms with Crippen LogP contribution in [0.5, 0.6) is 0 Å².